The summed E-state index contributed by atoms with van der Waals surface area (Å²) in [7, 11) is 0. The van der Waals surface area contributed by atoms with E-state index in [4.69, 9.17) is 5.26 Å². The third-order valence-corrected chi connectivity index (χ3v) is 3.64. The maximum absolute atomic E-state index is 13.2. The molecule has 0 bridgehead atoms. The summed E-state index contributed by atoms with van der Waals surface area (Å²) in [5.74, 6) is -2.04. The van der Waals surface area contributed by atoms with E-state index in [2.05, 4.69) is 10.3 Å². The SMILES string of the molecule is N#Cc1ccc(NC(=O)[C@H]2C[C@@H]2c2ccc(F)c(F)c2)nc1. The molecule has 3 rings (SSSR count). The monoisotopic (exact) mass is 299 g/mol. The lowest BCUT2D eigenvalue weighted by molar-refractivity contribution is -0.117. The molecule has 2 atom stereocenters. The number of hydrogen-bond acceptors (Lipinski definition) is 3. The average Bonchev–Trinajstić information content (AvgIpc) is 3.31. The molecule has 22 heavy (non-hydrogen) atoms. The van der Waals surface area contributed by atoms with Gasteiger partial charge in [-0.2, -0.15) is 5.26 Å². The van der Waals surface area contributed by atoms with Crippen LogP contribution in [0.4, 0.5) is 14.6 Å². The number of amides is 1. The van der Waals surface area contributed by atoms with Crippen LogP contribution in [0.3, 0.4) is 0 Å². The number of halogens is 2. The van der Waals surface area contributed by atoms with Crippen LogP contribution in [0, 0.1) is 28.9 Å². The van der Waals surface area contributed by atoms with Gasteiger partial charge >= 0.3 is 0 Å². The predicted molar refractivity (Wildman–Crippen MR) is 74.8 cm³/mol. The van der Waals surface area contributed by atoms with Gasteiger partial charge in [0.25, 0.3) is 0 Å². The summed E-state index contributed by atoms with van der Waals surface area (Å²) < 4.78 is 26.1. The molecule has 6 heteroatoms. The van der Waals surface area contributed by atoms with Crippen molar-refractivity contribution in [3.05, 3.63) is 59.3 Å². The van der Waals surface area contributed by atoms with Gasteiger partial charge in [0, 0.05) is 12.1 Å². The number of nitriles is 1. The Morgan fingerprint density at radius 2 is 2.09 bits per heavy atom. The van der Waals surface area contributed by atoms with Crippen molar-refractivity contribution >= 4 is 11.7 Å². The molecule has 1 aliphatic carbocycles. The molecule has 1 aromatic heterocycles. The van der Waals surface area contributed by atoms with E-state index in [9.17, 15) is 13.6 Å². The van der Waals surface area contributed by atoms with Gasteiger partial charge in [0.15, 0.2) is 11.6 Å². The van der Waals surface area contributed by atoms with Crippen molar-refractivity contribution in [3.8, 4) is 6.07 Å². The quantitative estimate of drug-likeness (QED) is 0.947. The van der Waals surface area contributed by atoms with E-state index in [0.717, 1.165) is 12.1 Å². The summed E-state index contributed by atoms with van der Waals surface area (Å²) in [6.45, 7) is 0. The maximum Gasteiger partial charge on any atom is 0.229 e. The zero-order valence-electron chi connectivity index (χ0n) is 11.4. The summed E-state index contributed by atoms with van der Waals surface area (Å²) >= 11 is 0. The highest BCUT2D eigenvalue weighted by molar-refractivity contribution is 5.94. The molecule has 1 aromatic carbocycles. The molecule has 4 nitrogen and oxygen atoms in total. The molecule has 0 radical (unpaired) electrons. The largest absolute Gasteiger partial charge is 0.310 e. The number of anilines is 1. The highest BCUT2D eigenvalue weighted by Gasteiger charge is 2.44. The topological polar surface area (TPSA) is 65.8 Å². The van der Waals surface area contributed by atoms with E-state index in [1.54, 1.807) is 12.1 Å². The standard InChI is InChI=1S/C16H11F2N3O/c17-13-3-2-10(5-14(13)18)11-6-12(11)16(22)21-15-4-1-9(7-19)8-20-15/h1-5,8,11-12H,6H2,(H,20,21,22)/t11-,12+/m1/s1. The highest BCUT2D eigenvalue weighted by atomic mass is 19.2. The molecular formula is C16H11F2N3O. The fraction of sp³-hybridized carbons (Fsp3) is 0.188. The number of aromatic nitrogens is 1. The molecule has 0 aliphatic heterocycles. The van der Waals surface area contributed by atoms with Crippen LogP contribution in [0.2, 0.25) is 0 Å². The van der Waals surface area contributed by atoms with Crippen LogP contribution in [-0.2, 0) is 4.79 Å². The number of carbonyl (C=O) groups is 1. The summed E-state index contributed by atoms with van der Waals surface area (Å²) in [5, 5.41) is 11.3. The minimum Gasteiger partial charge on any atom is -0.310 e. The summed E-state index contributed by atoms with van der Waals surface area (Å²) in [4.78, 5) is 16.0. The van der Waals surface area contributed by atoms with Crippen molar-refractivity contribution in [2.45, 2.75) is 12.3 Å². The summed E-state index contributed by atoms with van der Waals surface area (Å²) in [6, 6.07) is 8.74. The first kappa shape index (κ1) is 14.1. The van der Waals surface area contributed by atoms with Crippen LogP contribution in [0.1, 0.15) is 23.5 Å². The van der Waals surface area contributed by atoms with E-state index in [0.29, 0.717) is 23.4 Å². The zero-order valence-corrected chi connectivity index (χ0v) is 11.4. The van der Waals surface area contributed by atoms with Crippen molar-refractivity contribution < 1.29 is 13.6 Å². The lowest BCUT2D eigenvalue weighted by Gasteiger charge is -2.04. The van der Waals surface area contributed by atoms with Gasteiger partial charge < -0.3 is 5.32 Å². The number of nitrogens with zero attached hydrogens (tertiary/aromatic N) is 2. The molecular weight excluding hydrogens is 288 g/mol. The Balaban J connectivity index is 1.64. The van der Waals surface area contributed by atoms with Gasteiger partial charge in [-0.05, 0) is 42.2 Å². The van der Waals surface area contributed by atoms with Crippen LogP contribution in [0.15, 0.2) is 36.5 Å². The second-order valence-corrected chi connectivity index (χ2v) is 5.16. The molecule has 1 amide bonds. The molecule has 2 aromatic rings. The van der Waals surface area contributed by atoms with E-state index in [1.165, 1.54) is 12.3 Å². The van der Waals surface area contributed by atoms with Crippen LogP contribution in [0.5, 0.6) is 0 Å². The molecule has 110 valence electrons. The highest BCUT2D eigenvalue weighted by Crippen LogP contribution is 2.48. The molecule has 1 saturated carbocycles. The number of carbonyl (C=O) groups excluding carboxylic acids is 1. The fourth-order valence-corrected chi connectivity index (χ4v) is 2.35. The fourth-order valence-electron chi connectivity index (χ4n) is 2.35. The van der Waals surface area contributed by atoms with E-state index < -0.39 is 11.6 Å². The van der Waals surface area contributed by atoms with Crippen molar-refractivity contribution in [1.29, 1.82) is 5.26 Å². The minimum atomic E-state index is -0.905. The van der Waals surface area contributed by atoms with Gasteiger partial charge in [0.05, 0.1) is 5.56 Å². The second-order valence-electron chi connectivity index (χ2n) is 5.16. The maximum atomic E-state index is 13.2. The van der Waals surface area contributed by atoms with Crippen molar-refractivity contribution in [2.24, 2.45) is 5.92 Å². The molecule has 1 N–H and O–H groups in total. The Kier molecular flexibility index (Phi) is 3.55. The van der Waals surface area contributed by atoms with Crippen molar-refractivity contribution in [3.63, 3.8) is 0 Å². The normalized spacial score (nSPS) is 19.3. The van der Waals surface area contributed by atoms with Gasteiger partial charge in [-0.1, -0.05) is 6.07 Å². The molecule has 0 spiro atoms. The molecule has 1 fully saturated rings. The van der Waals surface area contributed by atoms with Crippen LogP contribution in [0.25, 0.3) is 0 Å². The number of benzene rings is 1. The Labute approximate surface area is 125 Å². The van der Waals surface area contributed by atoms with E-state index >= 15 is 0 Å². The molecule has 0 unspecified atom stereocenters. The van der Waals surface area contributed by atoms with E-state index in [1.807, 2.05) is 6.07 Å². The summed E-state index contributed by atoms with van der Waals surface area (Å²) in [5.41, 5.74) is 1.02. The molecule has 1 heterocycles. The van der Waals surface area contributed by atoms with Crippen LogP contribution in [-0.4, -0.2) is 10.9 Å². The Morgan fingerprint density at radius 3 is 2.73 bits per heavy atom. The van der Waals surface area contributed by atoms with Gasteiger partial charge in [0.2, 0.25) is 5.91 Å². The molecule has 1 aliphatic rings. The number of rotatable bonds is 3. The lowest BCUT2D eigenvalue weighted by atomic mass is 10.1. The number of hydrogen-bond donors (Lipinski definition) is 1. The molecule has 0 saturated heterocycles. The van der Waals surface area contributed by atoms with E-state index in [-0.39, 0.29) is 17.7 Å². The smallest absolute Gasteiger partial charge is 0.229 e. The lowest BCUT2D eigenvalue weighted by Crippen LogP contribution is -2.15. The first-order valence-corrected chi connectivity index (χ1v) is 6.70. The van der Waals surface area contributed by atoms with Crippen LogP contribution >= 0.6 is 0 Å². The second kappa shape index (κ2) is 5.53. The predicted octanol–water partition coefficient (Wildman–Crippen LogP) is 2.97. The number of pyridine rings is 1. The Bertz CT molecular complexity index is 768. The first-order chi connectivity index (χ1) is 10.6. The zero-order chi connectivity index (χ0) is 15.7. The van der Waals surface area contributed by atoms with Gasteiger partial charge in [-0.25, -0.2) is 13.8 Å². The van der Waals surface area contributed by atoms with Crippen molar-refractivity contribution in [1.82, 2.24) is 4.98 Å². The third kappa shape index (κ3) is 2.79. The Morgan fingerprint density at radius 1 is 1.27 bits per heavy atom. The minimum absolute atomic E-state index is 0.103. The van der Waals surface area contributed by atoms with Gasteiger partial charge in [-0.3, -0.25) is 4.79 Å². The van der Waals surface area contributed by atoms with Gasteiger partial charge in [0.1, 0.15) is 11.9 Å². The van der Waals surface area contributed by atoms with Crippen molar-refractivity contribution in [2.75, 3.05) is 5.32 Å². The third-order valence-electron chi connectivity index (χ3n) is 3.64. The summed E-state index contributed by atoms with van der Waals surface area (Å²) in [6.07, 6.45) is 1.96. The number of nitrogens with one attached hydrogen (secondary N) is 1. The van der Waals surface area contributed by atoms with Crippen LogP contribution < -0.4 is 5.32 Å². The Hall–Kier alpha value is -2.81. The first-order valence-electron chi connectivity index (χ1n) is 6.70. The average molecular weight is 299 g/mol. The van der Waals surface area contributed by atoms with Gasteiger partial charge in [-0.15, -0.1) is 0 Å².